The Bertz CT molecular complexity index is 6010. The molecule has 7 unspecified atom stereocenters. The zero-order chi connectivity index (χ0) is 69.3. The molecule has 22 rings (SSSR count). The van der Waals surface area contributed by atoms with Crippen molar-refractivity contribution >= 4 is 55.7 Å². The number of anilines is 6. The normalized spacial score (nSPS) is 21.2. The SMILES string of the molecule is CC1(C)c2ccc(C3C4CCC3C3(C4)c4ccccc4-c4c(-c5ccc(N(c6ccc(-c7ccccc7)cc6)c6ccc7c(ccc8ccccc87)c6)cc5)cccc43)cc2-c2ccc(N(c3ccc(-c4ccccc4)cc3)c3ccc(-c4cccc5c4-c4ccccc4C54CC5CCC4C5)cc3)cc21. The van der Waals surface area contributed by atoms with Crippen molar-refractivity contribution < 1.29 is 0 Å². The van der Waals surface area contributed by atoms with Crippen LogP contribution in [0.15, 0.2) is 334 Å². The molecule has 4 saturated carbocycles. The summed E-state index contributed by atoms with van der Waals surface area (Å²) in [5, 5.41) is 5.04. The van der Waals surface area contributed by atoms with Crippen molar-refractivity contribution in [3.63, 3.8) is 0 Å². The summed E-state index contributed by atoms with van der Waals surface area (Å²) in [7, 11) is 0. The van der Waals surface area contributed by atoms with E-state index < -0.39 is 0 Å². The summed E-state index contributed by atoms with van der Waals surface area (Å²) in [5.41, 5.74) is 35.8. The minimum Gasteiger partial charge on any atom is -0.310 e. The van der Waals surface area contributed by atoms with Crippen LogP contribution in [0.25, 0.3) is 99.4 Å². The van der Waals surface area contributed by atoms with E-state index in [1.165, 1.54) is 178 Å². The first-order valence-corrected chi connectivity index (χ1v) is 38.5. The number of benzene rings is 15. The summed E-state index contributed by atoms with van der Waals surface area (Å²) in [6.45, 7) is 4.93. The van der Waals surface area contributed by atoms with Gasteiger partial charge in [-0.15, -0.1) is 0 Å². The van der Waals surface area contributed by atoms with Gasteiger partial charge in [0.1, 0.15) is 0 Å². The van der Waals surface area contributed by atoms with E-state index in [2.05, 4.69) is 357 Å². The Labute approximate surface area is 616 Å². The van der Waals surface area contributed by atoms with Crippen LogP contribution < -0.4 is 9.80 Å². The summed E-state index contributed by atoms with van der Waals surface area (Å²) >= 11 is 0. The molecule has 7 aliphatic rings. The maximum Gasteiger partial charge on any atom is 0.0468 e. The molecule has 4 bridgehead atoms. The summed E-state index contributed by atoms with van der Waals surface area (Å²) in [4.78, 5) is 4.93. The van der Waals surface area contributed by atoms with Crippen LogP contribution in [0, 0.1) is 23.7 Å². The molecule has 0 saturated heterocycles. The molecule has 7 atom stereocenters. The minimum atomic E-state index is -0.210. The van der Waals surface area contributed by atoms with Gasteiger partial charge in [0.2, 0.25) is 0 Å². The predicted octanol–water partition coefficient (Wildman–Crippen LogP) is 27.5. The molecule has 0 amide bonds. The number of fused-ring (bicyclic) bond motifs is 22. The highest BCUT2D eigenvalue weighted by Crippen LogP contribution is 2.72. The maximum atomic E-state index is 2.66. The van der Waals surface area contributed by atoms with Gasteiger partial charge in [-0.1, -0.05) is 281 Å². The molecule has 2 spiro atoms. The molecule has 0 aliphatic heterocycles. The van der Waals surface area contributed by atoms with E-state index in [-0.39, 0.29) is 16.2 Å². The fourth-order valence-corrected chi connectivity index (χ4v) is 22.5. The summed E-state index contributed by atoms with van der Waals surface area (Å²) in [6.07, 6.45) is 9.07. The lowest BCUT2D eigenvalue weighted by Crippen LogP contribution is -2.32. The third-order valence-corrected chi connectivity index (χ3v) is 27.0. The Morgan fingerprint density at radius 1 is 0.286 bits per heavy atom. The lowest BCUT2D eigenvalue weighted by Gasteiger charge is -2.37. The second kappa shape index (κ2) is 23.2. The topological polar surface area (TPSA) is 6.48 Å². The van der Waals surface area contributed by atoms with Crippen LogP contribution in [0.4, 0.5) is 34.1 Å². The monoisotopic (exact) mass is 1340 g/mol. The Balaban J connectivity index is 0.597. The maximum absolute atomic E-state index is 2.66. The van der Waals surface area contributed by atoms with Crippen LogP contribution in [-0.2, 0) is 16.2 Å². The van der Waals surface area contributed by atoms with Crippen molar-refractivity contribution in [3.8, 4) is 77.9 Å². The Morgan fingerprint density at radius 2 is 0.771 bits per heavy atom. The van der Waals surface area contributed by atoms with Gasteiger partial charge in [-0.05, 0) is 279 Å². The quantitative estimate of drug-likeness (QED) is 0.119. The molecule has 15 aromatic rings. The average molecular weight is 1350 g/mol. The molecular weight excluding hydrogens is 1270 g/mol. The van der Waals surface area contributed by atoms with E-state index in [9.17, 15) is 0 Å². The number of nitrogens with zero attached hydrogens (tertiary/aromatic N) is 2. The summed E-state index contributed by atoms with van der Waals surface area (Å²) in [5.74, 6) is 3.08. The smallest absolute Gasteiger partial charge is 0.0468 e. The van der Waals surface area contributed by atoms with Crippen molar-refractivity contribution in [3.05, 3.63) is 373 Å². The van der Waals surface area contributed by atoms with Crippen LogP contribution in [0.3, 0.4) is 0 Å². The van der Waals surface area contributed by atoms with Crippen LogP contribution in [0.1, 0.15) is 104 Å². The van der Waals surface area contributed by atoms with E-state index in [1.54, 1.807) is 11.1 Å². The van der Waals surface area contributed by atoms with Crippen molar-refractivity contribution in [2.45, 2.75) is 81.0 Å². The van der Waals surface area contributed by atoms with Crippen LogP contribution >= 0.6 is 0 Å². The molecule has 0 radical (unpaired) electrons. The molecule has 0 aromatic heterocycles. The second-order valence-electron chi connectivity index (χ2n) is 32.2. The zero-order valence-electron chi connectivity index (χ0n) is 59.5. The first-order valence-electron chi connectivity index (χ1n) is 38.5. The van der Waals surface area contributed by atoms with Gasteiger partial charge in [0.15, 0.2) is 0 Å². The fraction of sp³-hybridized carbons (Fsp3) is 0.165. The minimum absolute atomic E-state index is 0.0732. The fourth-order valence-electron chi connectivity index (χ4n) is 22.5. The van der Waals surface area contributed by atoms with E-state index in [0.717, 1.165) is 40.3 Å². The molecule has 0 N–H and O–H groups in total. The summed E-state index contributed by atoms with van der Waals surface area (Å²) in [6, 6.07) is 128. The first-order chi connectivity index (χ1) is 51.7. The Hall–Kier alpha value is -11.6. The van der Waals surface area contributed by atoms with Gasteiger partial charge in [-0.25, -0.2) is 0 Å². The number of hydrogen-bond donors (Lipinski definition) is 0. The highest BCUT2D eigenvalue weighted by molar-refractivity contribution is 6.09. The number of hydrogen-bond acceptors (Lipinski definition) is 2. The van der Waals surface area contributed by atoms with Gasteiger partial charge >= 0.3 is 0 Å². The molecular formula is C103H80N2. The first kappa shape index (κ1) is 60.9. The largest absolute Gasteiger partial charge is 0.310 e. The van der Waals surface area contributed by atoms with E-state index >= 15 is 0 Å². The predicted molar refractivity (Wildman–Crippen MR) is 438 cm³/mol. The van der Waals surface area contributed by atoms with Crippen molar-refractivity contribution in [1.29, 1.82) is 0 Å². The third kappa shape index (κ3) is 9.02. The molecule has 2 nitrogen and oxygen atoms in total. The van der Waals surface area contributed by atoms with Crippen molar-refractivity contribution in [2.24, 2.45) is 23.7 Å². The van der Waals surface area contributed by atoms with Gasteiger partial charge in [0.05, 0.1) is 0 Å². The highest BCUT2D eigenvalue weighted by Gasteiger charge is 2.62. The molecule has 502 valence electrons. The molecule has 4 fully saturated rings. The van der Waals surface area contributed by atoms with Gasteiger partial charge in [0, 0.05) is 50.4 Å². The molecule has 2 heteroatoms. The molecule has 0 heterocycles. The van der Waals surface area contributed by atoms with Gasteiger partial charge in [0.25, 0.3) is 0 Å². The highest BCUT2D eigenvalue weighted by atomic mass is 15.1. The van der Waals surface area contributed by atoms with E-state index in [1.807, 2.05) is 0 Å². The van der Waals surface area contributed by atoms with Crippen molar-refractivity contribution in [2.75, 3.05) is 9.80 Å². The standard InChI is InChI=1S/C103H80N2/c1-101(2)91-57-42-74(61-90(91)87-56-54-82(62-97(87)101)105(78-47-36-69(37-48-78)67-19-7-4-8-20-67)80-51-40-71(41-52-80)85-25-15-29-94-99(85)88-23-11-13-27-92(88)102(94)63-65-31-44-76(102)59-65)98-75-43-58-96(98)103(64-75)93-28-14-12-24-89(93)100-86(26-16-30-95(100)103)72-38-49-79(50-39-72)104(77-45-34-68(35-46-77)66-17-5-3-6-18-66)81-53-55-84-73(60-81)33-32-70-21-9-10-22-83(70)84/h3-30,32-42,45-57,60-62,65,75-76,96,98H,31,43-44,58-59,63-64H2,1-2H3. The van der Waals surface area contributed by atoms with Crippen molar-refractivity contribution in [1.82, 2.24) is 0 Å². The van der Waals surface area contributed by atoms with Gasteiger partial charge in [-0.2, -0.15) is 0 Å². The molecule has 7 aliphatic carbocycles. The van der Waals surface area contributed by atoms with Gasteiger partial charge < -0.3 is 9.80 Å². The molecule has 15 aromatic carbocycles. The van der Waals surface area contributed by atoms with E-state index in [4.69, 9.17) is 0 Å². The number of rotatable bonds is 11. The molecule has 105 heavy (non-hydrogen) atoms. The van der Waals surface area contributed by atoms with E-state index in [0.29, 0.717) is 17.8 Å². The zero-order valence-corrected chi connectivity index (χ0v) is 59.5. The third-order valence-electron chi connectivity index (χ3n) is 27.0. The lowest BCUT2D eigenvalue weighted by molar-refractivity contribution is 0.323. The Morgan fingerprint density at radius 3 is 1.37 bits per heavy atom. The lowest BCUT2D eigenvalue weighted by atomic mass is 9.65. The summed E-state index contributed by atoms with van der Waals surface area (Å²) < 4.78 is 0. The van der Waals surface area contributed by atoms with Gasteiger partial charge in [-0.3, -0.25) is 0 Å². The van der Waals surface area contributed by atoms with Crippen LogP contribution in [0.5, 0.6) is 0 Å². The average Bonchev–Trinajstić information content (AvgIpc) is 1.51. The van der Waals surface area contributed by atoms with Crippen LogP contribution in [-0.4, -0.2) is 0 Å². The Kier molecular flexibility index (Phi) is 13.5. The van der Waals surface area contributed by atoms with Crippen LogP contribution in [0.2, 0.25) is 0 Å². The second-order valence-corrected chi connectivity index (χ2v) is 32.2.